The molecule has 2 amide bonds. The van der Waals surface area contributed by atoms with E-state index in [4.69, 9.17) is 4.74 Å². The zero-order chi connectivity index (χ0) is 18.5. The number of fused-ring (bicyclic) bond motifs is 3. The number of aromatic nitrogens is 2. The fourth-order valence-corrected chi connectivity index (χ4v) is 3.34. The second-order valence-corrected chi connectivity index (χ2v) is 7.90. The topological polar surface area (TPSA) is 67.7 Å². The molecule has 0 radical (unpaired) electrons. The van der Waals surface area contributed by atoms with Gasteiger partial charge in [-0.05, 0) is 27.7 Å². The summed E-state index contributed by atoms with van der Waals surface area (Å²) in [4.78, 5) is 28.2. The van der Waals surface area contributed by atoms with E-state index in [0.717, 1.165) is 5.69 Å². The maximum atomic E-state index is 14.0. The van der Waals surface area contributed by atoms with Crippen LogP contribution < -0.4 is 0 Å². The Labute approximate surface area is 146 Å². The molecule has 0 aromatic carbocycles. The number of nitrogens with zero attached hydrogens (tertiary/aromatic N) is 4. The zero-order valence-corrected chi connectivity index (χ0v) is 15.4. The minimum Gasteiger partial charge on any atom is -0.444 e. The number of hydrogen-bond donors (Lipinski definition) is 0. The van der Waals surface area contributed by atoms with Crippen LogP contribution in [0.5, 0.6) is 0 Å². The highest BCUT2D eigenvalue weighted by molar-refractivity contribution is 5.94. The molecule has 0 fully saturated rings. The van der Waals surface area contributed by atoms with Crippen molar-refractivity contribution in [2.45, 2.75) is 65.0 Å². The second kappa shape index (κ2) is 6.00. The highest BCUT2D eigenvalue weighted by Crippen LogP contribution is 2.29. The van der Waals surface area contributed by atoms with Crippen LogP contribution in [0.4, 0.5) is 9.18 Å². The smallest absolute Gasteiger partial charge is 0.410 e. The van der Waals surface area contributed by atoms with Crippen LogP contribution in [-0.4, -0.2) is 63.0 Å². The molecule has 0 unspecified atom stereocenters. The molecule has 2 aliphatic heterocycles. The molecule has 0 spiro atoms. The van der Waals surface area contributed by atoms with Gasteiger partial charge in [-0.1, -0.05) is 0 Å². The average Bonchev–Trinajstić information content (AvgIpc) is 2.74. The van der Waals surface area contributed by atoms with Crippen LogP contribution >= 0.6 is 0 Å². The van der Waals surface area contributed by atoms with Crippen molar-refractivity contribution in [1.82, 2.24) is 19.6 Å². The van der Waals surface area contributed by atoms with Gasteiger partial charge >= 0.3 is 6.09 Å². The second-order valence-electron chi connectivity index (χ2n) is 7.90. The molecule has 0 N–H and O–H groups in total. The highest BCUT2D eigenvalue weighted by Gasteiger charge is 2.38. The van der Waals surface area contributed by atoms with Gasteiger partial charge in [0.1, 0.15) is 17.5 Å². The Morgan fingerprint density at radius 3 is 2.64 bits per heavy atom. The normalized spacial score (nSPS) is 23.8. The van der Waals surface area contributed by atoms with Gasteiger partial charge in [-0.3, -0.25) is 9.48 Å². The Hall–Kier alpha value is -2.12. The summed E-state index contributed by atoms with van der Waals surface area (Å²) in [5.74, 6) is -0.257. The summed E-state index contributed by atoms with van der Waals surface area (Å²) in [6.45, 7) is 7.72. The first-order valence-electron chi connectivity index (χ1n) is 8.54. The lowest BCUT2D eigenvalue weighted by Crippen LogP contribution is -2.45. The molecule has 1 aromatic heterocycles. The van der Waals surface area contributed by atoms with Gasteiger partial charge < -0.3 is 14.5 Å². The Morgan fingerprint density at radius 1 is 1.32 bits per heavy atom. The van der Waals surface area contributed by atoms with Gasteiger partial charge in [-0.15, -0.1) is 0 Å². The van der Waals surface area contributed by atoms with E-state index in [1.54, 1.807) is 11.9 Å². The van der Waals surface area contributed by atoms with Gasteiger partial charge in [-0.25, -0.2) is 9.18 Å². The lowest BCUT2D eigenvalue weighted by Gasteiger charge is -2.34. The van der Waals surface area contributed by atoms with E-state index in [-0.39, 0.29) is 31.6 Å². The number of amides is 2. The van der Waals surface area contributed by atoms with Crippen molar-refractivity contribution in [2.24, 2.45) is 0 Å². The zero-order valence-electron chi connectivity index (χ0n) is 15.4. The number of hydrogen-bond acceptors (Lipinski definition) is 4. The van der Waals surface area contributed by atoms with Crippen molar-refractivity contribution in [1.29, 1.82) is 0 Å². The lowest BCUT2D eigenvalue weighted by atomic mass is 9.99. The van der Waals surface area contributed by atoms with Gasteiger partial charge in [0.25, 0.3) is 5.91 Å². The molecule has 1 aromatic rings. The first-order valence-corrected chi connectivity index (χ1v) is 8.54. The van der Waals surface area contributed by atoms with E-state index in [2.05, 4.69) is 5.10 Å². The maximum Gasteiger partial charge on any atom is 0.410 e. The van der Waals surface area contributed by atoms with E-state index in [1.807, 2.05) is 27.7 Å². The molecular formula is C17H25FN4O3. The summed E-state index contributed by atoms with van der Waals surface area (Å²) >= 11 is 0. The quantitative estimate of drug-likeness (QED) is 0.716. The van der Waals surface area contributed by atoms with Crippen molar-refractivity contribution >= 4 is 12.0 Å². The SMILES string of the molecule is C[C@@H]1Cc2nn3c(c2CN1C(=O)OC(C)(C)C)C(=O)N(C)C[C@H](F)C3. The highest BCUT2D eigenvalue weighted by atomic mass is 19.1. The number of ether oxygens (including phenoxy) is 1. The Kier molecular flexibility index (Phi) is 4.25. The number of carbonyl (C=O) groups excluding carboxylic acids is 2. The van der Waals surface area contributed by atoms with Gasteiger partial charge in [-0.2, -0.15) is 5.10 Å². The minimum absolute atomic E-state index is 0.0448. The first-order chi connectivity index (χ1) is 11.6. The summed E-state index contributed by atoms with van der Waals surface area (Å²) in [7, 11) is 1.58. The lowest BCUT2D eigenvalue weighted by molar-refractivity contribution is 0.0136. The van der Waals surface area contributed by atoms with Crippen LogP contribution in [0.2, 0.25) is 0 Å². The molecule has 0 saturated heterocycles. The summed E-state index contributed by atoms with van der Waals surface area (Å²) in [6, 6.07) is -0.101. The summed E-state index contributed by atoms with van der Waals surface area (Å²) in [5, 5.41) is 4.46. The first kappa shape index (κ1) is 17.7. The van der Waals surface area contributed by atoms with Gasteiger partial charge in [0.05, 0.1) is 25.3 Å². The molecule has 0 aliphatic carbocycles. The molecule has 3 rings (SSSR count). The molecule has 3 heterocycles. The fraction of sp³-hybridized carbons (Fsp3) is 0.706. The number of rotatable bonds is 0. The predicted molar refractivity (Wildman–Crippen MR) is 89.0 cm³/mol. The third-order valence-electron chi connectivity index (χ3n) is 4.50. The summed E-state index contributed by atoms with van der Waals surface area (Å²) in [5.41, 5.74) is 1.26. The Morgan fingerprint density at radius 2 is 2.00 bits per heavy atom. The number of carbonyl (C=O) groups is 2. The minimum atomic E-state index is -1.16. The third kappa shape index (κ3) is 3.34. The van der Waals surface area contributed by atoms with Crippen LogP contribution in [0.15, 0.2) is 0 Å². The van der Waals surface area contributed by atoms with Crippen molar-refractivity contribution in [3.05, 3.63) is 17.0 Å². The van der Waals surface area contributed by atoms with E-state index in [0.29, 0.717) is 17.7 Å². The Bertz CT molecular complexity index is 709. The molecule has 25 heavy (non-hydrogen) atoms. The van der Waals surface area contributed by atoms with Crippen molar-refractivity contribution < 1.29 is 18.7 Å². The standard InChI is InChI=1S/C17H25FN4O3/c1-10-6-13-12(9-21(10)16(24)25-17(2,3)4)14-15(23)20(5)7-11(18)8-22(14)19-13/h10-11H,6-9H2,1-5H3/t10-,11+/m1/s1. The van der Waals surface area contributed by atoms with Gasteiger partial charge in [0.2, 0.25) is 0 Å². The van der Waals surface area contributed by atoms with Gasteiger partial charge in [0.15, 0.2) is 0 Å². The largest absolute Gasteiger partial charge is 0.444 e. The molecule has 8 heteroatoms. The predicted octanol–water partition coefficient (Wildman–Crippen LogP) is 1.99. The van der Waals surface area contributed by atoms with Crippen molar-refractivity contribution in [3.8, 4) is 0 Å². The van der Waals surface area contributed by atoms with Crippen LogP contribution in [0.3, 0.4) is 0 Å². The van der Waals surface area contributed by atoms with Gasteiger partial charge in [0, 0.05) is 25.1 Å². The molecule has 0 bridgehead atoms. The fourth-order valence-electron chi connectivity index (χ4n) is 3.34. The number of alkyl halides is 1. The van der Waals surface area contributed by atoms with Crippen molar-refractivity contribution in [2.75, 3.05) is 13.6 Å². The average molecular weight is 352 g/mol. The van der Waals surface area contributed by atoms with Crippen LogP contribution in [-0.2, 0) is 24.2 Å². The van der Waals surface area contributed by atoms with E-state index in [1.165, 1.54) is 9.58 Å². The van der Waals surface area contributed by atoms with Crippen LogP contribution in [0.25, 0.3) is 0 Å². The molecule has 0 saturated carbocycles. The van der Waals surface area contributed by atoms with E-state index in [9.17, 15) is 14.0 Å². The molecular weight excluding hydrogens is 327 g/mol. The molecule has 138 valence electrons. The summed E-state index contributed by atoms with van der Waals surface area (Å²) < 4.78 is 21.0. The molecule has 7 nitrogen and oxygen atoms in total. The van der Waals surface area contributed by atoms with Crippen LogP contribution in [0, 0.1) is 0 Å². The van der Waals surface area contributed by atoms with Crippen molar-refractivity contribution in [3.63, 3.8) is 0 Å². The monoisotopic (exact) mass is 352 g/mol. The maximum absolute atomic E-state index is 14.0. The third-order valence-corrected chi connectivity index (χ3v) is 4.50. The molecule has 2 aliphatic rings. The summed E-state index contributed by atoms with van der Waals surface area (Å²) in [6.07, 6.45) is -1.05. The molecule has 2 atom stereocenters. The van der Waals surface area contributed by atoms with E-state index >= 15 is 0 Å². The van der Waals surface area contributed by atoms with E-state index < -0.39 is 17.9 Å². The number of halogens is 1. The Balaban J connectivity index is 1.95. The van der Waals surface area contributed by atoms with Crippen LogP contribution in [0.1, 0.15) is 49.4 Å².